The standard InChI is InChI=1S/C14H17N3O4S/c1-10(11-4-3-5-12(6-11)17(20)21)15(2)13(18)7-16-9-22-8-14(16)19/h3-6,10H,7-9H2,1-2H3/t10-/m1/s1. The Bertz CT molecular complexity index is 608. The first kappa shape index (κ1) is 16.3. The fourth-order valence-corrected chi connectivity index (χ4v) is 3.06. The number of thioether (sulfide) groups is 1. The molecule has 1 heterocycles. The van der Waals surface area contributed by atoms with Crippen molar-refractivity contribution in [3.05, 3.63) is 39.9 Å². The lowest BCUT2D eigenvalue weighted by molar-refractivity contribution is -0.384. The Morgan fingerprint density at radius 2 is 2.27 bits per heavy atom. The predicted octanol–water partition coefficient (Wildman–Crippen LogP) is 1.65. The monoisotopic (exact) mass is 323 g/mol. The second-order valence-electron chi connectivity index (χ2n) is 5.10. The third kappa shape index (κ3) is 3.56. The molecule has 2 amide bonds. The molecule has 0 spiro atoms. The van der Waals surface area contributed by atoms with Crippen LogP contribution in [0.3, 0.4) is 0 Å². The summed E-state index contributed by atoms with van der Waals surface area (Å²) in [5.74, 6) is 0.728. The van der Waals surface area contributed by atoms with Crippen LogP contribution < -0.4 is 0 Å². The van der Waals surface area contributed by atoms with Gasteiger partial charge >= 0.3 is 0 Å². The Labute approximate surface area is 132 Å². The minimum atomic E-state index is -0.460. The van der Waals surface area contributed by atoms with E-state index >= 15 is 0 Å². The lowest BCUT2D eigenvalue weighted by Gasteiger charge is -2.27. The Kier molecular flexibility index (Phi) is 5.02. The van der Waals surface area contributed by atoms with E-state index in [1.54, 1.807) is 26.1 Å². The molecule has 1 atom stereocenters. The number of benzene rings is 1. The van der Waals surface area contributed by atoms with Crippen LogP contribution in [0, 0.1) is 10.1 Å². The zero-order chi connectivity index (χ0) is 16.3. The average Bonchev–Trinajstić information content (AvgIpc) is 2.91. The van der Waals surface area contributed by atoms with Gasteiger partial charge in [0, 0.05) is 19.2 Å². The molecule has 0 aliphatic carbocycles. The fraction of sp³-hybridized carbons (Fsp3) is 0.429. The highest BCUT2D eigenvalue weighted by atomic mass is 32.2. The minimum Gasteiger partial charge on any atom is -0.337 e. The predicted molar refractivity (Wildman–Crippen MR) is 83.3 cm³/mol. The van der Waals surface area contributed by atoms with Gasteiger partial charge in [0.1, 0.15) is 6.54 Å². The van der Waals surface area contributed by atoms with Gasteiger partial charge < -0.3 is 9.80 Å². The van der Waals surface area contributed by atoms with Crippen molar-refractivity contribution in [3.63, 3.8) is 0 Å². The number of likely N-dealkylation sites (N-methyl/N-ethyl adjacent to an activating group) is 1. The SMILES string of the molecule is C[C@H](c1cccc([N+](=O)[O-])c1)N(C)C(=O)CN1CSCC1=O. The second kappa shape index (κ2) is 6.78. The first-order chi connectivity index (χ1) is 10.4. The van der Waals surface area contributed by atoms with Crippen LogP contribution in [0.5, 0.6) is 0 Å². The highest BCUT2D eigenvalue weighted by Gasteiger charge is 2.26. The number of non-ortho nitro benzene ring substituents is 1. The lowest BCUT2D eigenvalue weighted by Crippen LogP contribution is -2.40. The number of carbonyl (C=O) groups excluding carboxylic acids is 2. The molecule has 0 bridgehead atoms. The van der Waals surface area contributed by atoms with Crippen LogP contribution in [0.15, 0.2) is 24.3 Å². The van der Waals surface area contributed by atoms with E-state index in [0.717, 1.165) is 0 Å². The molecule has 1 aromatic carbocycles. The van der Waals surface area contributed by atoms with Crippen molar-refractivity contribution in [2.45, 2.75) is 13.0 Å². The van der Waals surface area contributed by atoms with Crippen LogP contribution in [0.1, 0.15) is 18.5 Å². The number of hydrogen-bond acceptors (Lipinski definition) is 5. The molecule has 1 fully saturated rings. The first-order valence-electron chi connectivity index (χ1n) is 6.75. The smallest absolute Gasteiger partial charge is 0.269 e. The van der Waals surface area contributed by atoms with Gasteiger partial charge in [-0.05, 0) is 12.5 Å². The lowest BCUT2D eigenvalue weighted by atomic mass is 10.1. The molecular formula is C14H17N3O4S. The van der Waals surface area contributed by atoms with Crippen molar-refractivity contribution in [1.82, 2.24) is 9.80 Å². The molecule has 1 saturated heterocycles. The molecule has 0 aromatic heterocycles. The normalized spacial score (nSPS) is 15.7. The maximum absolute atomic E-state index is 12.3. The first-order valence-corrected chi connectivity index (χ1v) is 7.91. The van der Waals surface area contributed by atoms with Crippen LogP contribution in [0.4, 0.5) is 5.69 Å². The summed E-state index contributed by atoms with van der Waals surface area (Å²) in [7, 11) is 1.64. The van der Waals surface area contributed by atoms with Crippen molar-refractivity contribution in [3.8, 4) is 0 Å². The highest BCUT2D eigenvalue weighted by Crippen LogP contribution is 2.23. The van der Waals surface area contributed by atoms with Gasteiger partial charge in [-0.1, -0.05) is 12.1 Å². The number of rotatable bonds is 5. The molecule has 1 aliphatic rings. The van der Waals surface area contributed by atoms with Crippen LogP contribution in [0.2, 0.25) is 0 Å². The van der Waals surface area contributed by atoms with Crippen molar-refractivity contribution in [2.75, 3.05) is 25.2 Å². The van der Waals surface area contributed by atoms with E-state index in [4.69, 9.17) is 0 Å². The molecule has 0 unspecified atom stereocenters. The molecular weight excluding hydrogens is 306 g/mol. The molecule has 8 heteroatoms. The topological polar surface area (TPSA) is 83.8 Å². The average molecular weight is 323 g/mol. The zero-order valence-electron chi connectivity index (χ0n) is 12.4. The summed E-state index contributed by atoms with van der Waals surface area (Å²) in [4.78, 5) is 37.2. The van der Waals surface area contributed by atoms with Gasteiger partial charge in [-0.3, -0.25) is 19.7 Å². The van der Waals surface area contributed by atoms with Gasteiger partial charge in [0.2, 0.25) is 11.8 Å². The Morgan fingerprint density at radius 1 is 1.55 bits per heavy atom. The summed E-state index contributed by atoms with van der Waals surface area (Å²) in [6, 6.07) is 5.92. The minimum absolute atomic E-state index is 0.00341. The van der Waals surface area contributed by atoms with Gasteiger partial charge in [-0.2, -0.15) is 0 Å². The van der Waals surface area contributed by atoms with E-state index < -0.39 is 4.92 Å². The van der Waals surface area contributed by atoms with Crippen molar-refractivity contribution >= 4 is 29.3 Å². The quantitative estimate of drug-likeness (QED) is 0.607. The maximum atomic E-state index is 12.3. The van der Waals surface area contributed by atoms with Crippen molar-refractivity contribution < 1.29 is 14.5 Å². The molecule has 0 N–H and O–H groups in total. The third-order valence-electron chi connectivity index (χ3n) is 3.69. The highest BCUT2D eigenvalue weighted by molar-refractivity contribution is 8.00. The van der Waals surface area contributed by atoms with Crippen molar-refractivity contribution in [2.24, 2.45) is 0 Å². The maximum Gasteiger partial charge on any atom is 0.269 e. The van der Waals surface area contributed by atoms with E-state index in [-0.39, 0.29) is 30.1 Å². The number of amides is 2. The van der Waals surface area contributed by atoms with Gasteiger partial charge in [-0.25, -0.2) is 0 Å². The van der Waals surface area contributed by atoms with E-state index in [1.165, 1.54) is 33.7 Å². The summed E-state index contributed by atoms with van der Waals surface area (Å²) in [6.07, 6.45) is 0. The molecule has 7 nitrogen and oxygen atoms in total. The largest absolute Gasteiger partial charge is 0.337 e. The van der Waals surface area contributed by atoms with E-state index in [9.17, 15) is 19.7 Å². The Hall–Kier alpha value is -2.09. The third-order valence-corrected chi connectivity index (χ3v) is 4.63. The number of nitro groups is 1. The van der Waals surface area contributed by atoms with Gasteiger partial charge in [0.15, 0.2) is 0 Å². The van der Waals surface area contributed by atoms with E-state index in [1.807, 2.05) is 0 Å². The number of carbonyl (C=O) groups is 2. The molecule has 22 heavy (non-hydrogen) atoms. The van der Waals surface area contributed by atoms with Gasteiger partial charge in [-0.15, -0.1) is 11.8 Å². The summed E-state index contributed by atoms with van der Waals surface area (Å²) in [5, 5.41) is 10.8. The molecule has 118 valence electrons. The summed E-state index contributed by atoms with van der Waals surface area (Å²) in [6.45, 7) is 1.85. The van der Waals surface area contributed by atoms with Gasteiger partial charge in [0.25, 0.3) is 5.69 Å². The molecule has 1 aliphatic heterocycles. The molecule has 0 radical (unpaired) electrons. The molecule has 0 saturated carbocycles. The summed E-state index contributed by atoms with van der Waals surface area (Å²) in [5.41, 5.74) is 0.684. The van der Waals surface area contributed by atoms with Crippen LogP contribution >= 0.6 is 11.8 Å². The number of hydrogen-bond donors (Lipinski definition) is 0. The Morgan fingerprint density at radius 3 is 2.86 bits per heavy atom. The fourth-order valence-electron chi connectivity index (χ4n) is 2.15. The summed E-state index contributed by atoms with van der Waals surface area (Å²) >= 11 is 1.48. The summed E-state index contributed by atoms with van der Waals surface area (Å²) < 4.78 is 0. The number of nitrogens with zero attached hydrogens (tertiary/aromatic N) is 3. The molecule has 2 rings (SSSR count). The Balaban J connectivity index is 2.06. The van der Waals surface area contributed by atoms with Gasteiger partial charge in [0.05, 0.1) is 22.6 Å². The molecule has 1 aromatic rings. The zero-order valence-corrected chi connectivity index (χ0v) is 13.2. The van der Waals surface area contributed by atoms with Crippen LogP contribution in [-0.4, -0.2) is 51.8 Å². The second-order valence-corrected chi connectivity index (χ2v) is 6.06. The van der Waals surface area contributed by atoms with Crippen molar-refractivity contribution in [1.29, 1.82) is 0 Å². The number of nitro benzene ring substituents is 1. The van der Waals surface area contributed by atoms with E-state index in [0.29, 0.717) is 17.2 Å². The van der Waals surface area contributed by atoms with Crippen LogP contribution in [-0.2, 0) is 9.59 Å². The van der Waals surface area contributed by atoms with Crippen LogP contribution in [0.25, 0.3) is 0 Å². The van der Waals surface area contributed by atoms with E-state index in [2.05, 4.69) is 0 Å².